The number of thioether (sulfide) groups is 1. The summed E-state index contributed by atoms with van der Waals surface area (Å²) >= 11 is 1.42. The average Bonchev–Trinajstić information content (AvgIpc) is 3.31. The quantitative estimate of drug-likeness (QED) is 0.247. The van der Waals surface area contributed by atoms with E-state index in [1.807, 2.05) is 65.6 Å². The molecule has 2 fully saturated rings. The summed E-state index contributed by atoms with van der Waals surface area (Å²) in [6.45, 7) is 10.6. The lowest BCUT2D eigenvalue weighted by molar-refractivity contribution is -0.153. The number of esters is 1. The highest BCUT2D eigenvalue weighted by Gasteiger charge is 2.55. The van der Waals surface area contributed by atoms with Gasteiger partial charge >= 0.3 is 12.1 Å². The van der Waals surface area contributed by atoms with E-state index in [-0.39, 0.29) is 11.6 Å². The van der Waals surface area contributed by atoms with Crippen molar-refractivity contribution in [2.45, 2.75) is 64.2 Å². The highest BCUT2D eigenvalue weighted by atomic mass is 32.2. The summed E-state index contributed by atoms with van der Waals surface area (Å²) in [7, 11) is 0. The fourth-order valence-electron chi connectivity index (χ4n) is 5.55. The molecule has 3 amide bonds. The Hall–Kier alpha value is -4.05. The molecule has 3 heterocycles. The number of alkyl carbamates (subject to hydrolysis) is 1. The number of carbonyl (C=O) groups excluding carboxylic acids is 4. The number of amides is 3. The molecule has 0 bridgehead atoms. The predicted octanol–water partition coefficient (Wildman–Crippen LogP) is 5.20. The highest BCUT2D eigenvalue weighted by molar-refractivity contribution is 8.00. The number of β-lactam (4-membered cyclic amide) rings is 1. The number of likely N-dealkylation sites (tertiary alicyclic amines) is 1. The molecule has 0 aliphatic carbocycles. The van der Waals surface area contributed by atoms with Crippen LogP contribution in [0.5, 0.6) is 0 Å². The van der Waals surface area contributed by atoms with E-state index in [2.05, 4.69) is 19.2 Å². The number of benzene rings is 2. The molecule has 10 heteroatoms. The second-order valence-corrected chi connectivity index (χ2v) is 13.7. The number of hydrogen-bond acceptors (Lipinski definition) is 7. The summed E-state index contributed by atoms with van der Waals surface area (Å²) in [5.41, 5.74) is 2.08. The van der Waals surface area contributed by atoms with Crippen LogP contribution in [0, 0.1) is 5.92 Å². The van der Waals surface area contributed by atoms with Gasteiger partial charge in [0.05, 0.1) is 0 Å². The van der Waals surface area contributed by atoms with Gasteiger partial charge < -0.3 is 19.7 Å². The van der Waals surface area contributed by atoms with Gasteiger partial charge in [-0.2, -0.15) is 0 Å². The van der Waals surface area contributed by atoms with Crippen LogP contribution < -0.4 is 5.32 Å². The molecule has 5 rings (SSSR count). The van der Waals surface area contributed by atoms with Crippen molar-refractivity contribution in [2.24, 2.45) is 5.92 Å². The van der Waals surface area contributed by atoms with E-state index < -0.39 is 41.1 Å². The lowest BCUT2D eigenvalue weighted by Crippen LogP contribution is -2.70. The second kappa shape index (κ2) is 12.9. The Labute approximate surface area is 262 Å². The van der Waals surface area contributed by atoms with Crippen molar-refractivity contribution in [1.82, 2.24) is 15.1 Å². The van der Waals surface area contributed by atoms with Crippen LogP contribution in [-0.2, 0) is 23.9 Å². The maximum Gasteiger partial charge on any atom is 0.408 e. The van der Waals surface area contributed by atoms with Gasteiger partial charge in [-0.1, -0.05) is 74.5 Å². The number of nitrogens with one attached hydrogen (secondary N) is 1. The van der Waals surface area contributed by atoms with E-state index in [0.29, 0.717) is 42.3 Å². The van der Waals surface area contributed by atoms with E-state index >= 15 is 0 Å². The van der Waals surface area contributed by atoms with Gasteiger partial charge in [-0.05, 0) is 55.9 Å². The van der Waals surface area contributed by atoms with Crippen molar-refractivity contribution in [3.63, 3.8) is 0 Å². The molecule has 44 heavy (non-hydrogen) atoms. The van der Waals surface area contributed by atoms with Crippen LogP contribution in [0.15, 0.2) is 83.6 Å². The number of rotatable bonds is 8. The average molecular weight is 618 g/mol. The van der Waals surface area contributed by atoms with Gasteiger partial charge in [0.25, 0.3) is 5.91 Å². The molecule has 0 aromatic heterocycles. The lowest BCUT2D eigenvalue weighted by Gasteiger charge is -2.49. The fraction of sp³-hybridized carbons (Fsp3) is 0.412. The Morgan fingerprint density at radius 1 is 1.02 bits per heavy atom. The van der Waals surface area contributed by atoms with Gasteiger partial charge in [0, 0.05) is 24.4 Å². The van der Waals surface area contributed by atoms with Crippen molar-refractivity contribution >= 4 is 35.6 Å². The molecule has 2 saturated heterocycles. The maximum atomic E-state index is 14.2. The fourth-order valence-corrected chi connectivity index (χ4v) is 6.86. The number of carbonyl (C=O) groups is 4. The summed E-state index contributed by atoms with van der Waals surface area (Å²) in [6.07, 6.45) is 0.886. The number of ether oxygens (including phenoxy) is 2. The van der Waals surface area contributed by atoms with Crippen molar-refractivity contribution in [3.8, 4) is 0 Å². The molecular formula is C34H39N3O6S. The van der Waals surface area contributed by atoms with Gasteiger partial charge in [0.1, 0.15) is 22.7 Å². The molecule has 1 N–H and O–H groups in total. The van der Waals surface area contributed by atoms with E-state index in [1.54, 1.807) is 26.8 Å². The molecule has 0 saturated carbocycles. The van der Waals surface area contributed by atoms with Crippen LogP contribution in [0.2, 0.25) is 0 Å². The van der Waals surface area contributed by atoms with E-state index in [9.17, 15) is 19.2 Å². The third kappa shape index (κ3) is 6.85. The molecule has 2 atom stereocenters. The Morgan fingerprint density at radius 3 is 2.20 bits per heavy atom. The maximum absolute atomic E-state index is 14.2. The van der Waals surface area contributed by atoms with Gasteiger partial charge in [-0.15, -0.1) is 11.8 Å². The molecule has 0 spiro atoms. The summed E-state index contributed by atoms with van der Waals surface area (Å²) in [6, 6.07) is 18.0. The molecule has 0 radical (unpaired) electrons. The zero-order chi connectivity index (χ0) is 31.6. The Morgan fingerprint density at radius 2 is 1.64 bits per heavy atom. The lowest BCUT2D eigenvalue weighted by atomic mass is 10.00. The SMILES string of the molecule is CC(C)CN1CC/C(=C\C2=C(C(=O)OC(c3ccccc3)c3ccccc3)N3C(=O)[C@@H](NC(=O)OC(C)(C)C)[C@H]3SC2)C1=O. The van der Waals surface area contributed by atoms with E-state index in [4.69, 9.17) is 9.47 Å². The minimum Gasteiger partial charge on any atom is -0.448 e. The van der Waals surface area contributed by atoms with Gasteiger partial charge in [0.15, 0.2) is 6.10 Å². The number of nitrogens with zero attached hydrogens (tertiary/aromatic N) is 2. The van der Waals surface area contributed by atoms with Crippen molar-refractivity contribution < 1.29 is 28.7 Å². The normalized spacial score (nSPS) is 21.1. The van der Waals surface area contributed by atoms with Crippen molar-refractivity contribution in [3.05, 3.63) is 94.7 Å². The van der Waals surface area contributed by atoms with Crippen LogP contribution >= 0.6 is 11.8 Å². The molecule has 0 unspecified atom stereocenters. The number of hydrogen-bond donors (Lipinski definition) is 1. The molecular weight excluding hydrogens is 578 g/mol. The molecule has 9 nitrogen and oxygen atoms in total. The van der Waals surface area contributed by atoms with E-state index in [0.717, 1.165) is 11.1 Å². The number of allylic oxidation sites excluding steroid dienone is 1. The number of fused-ring (bicyclic) bond motifs is 1. The summed E-state index contributed by atoms with van der Waals surface area (Å²) in [5.74, 6) is -0.486. The standard InChI is InChI=1S/C34H39N3O6S/c1-21(2)19-36-17-16-24(29(36)38)18-25-20-44-31-26(35-33(41)43-34(3,4)5)30(39)37(31)27(25)32(40)42-28(22-12-8-6-9-13-22)23-14-10-7-11-15-23/h6-15,18,21,26,28,31H,16-17,19-20H2,1-5H3,(H,35,41)/b24-18+/t26-,31-/m1/s1. The first kappa shape index (κ1) is 31.4. The summed E-state index contributed by atoms with van der Waals surface area (Å²) < 4.78 is 11.6. The monoisotopic (exact) mass is 617 g/mol. The Bertz CT molecular complexity index is 1440. The molecule has 3 aliphatic rings. The highest BCUT2D eigenvalue weighted by Crippen LogP contribution is 2.42. The van der Waals surface area contributed by atoms with Gasteiger partial charge in [-0.25, -0.2) is 9.59 Å². The Balaban J connectivity index is 1.48. The molecule has 2 aromatic rings. The third-order valence-electron chi connectivity index (χ3n) is 7.44. The molecule has 232 valence electrons. The first-order valence-electron chi connectivity index (χ1n) is 14.9. The molecule has 2 aromatic carbocycles. The van der Waals surface area contributed by atoms with Crippen LogP contribution in [0.1, 0.15) is 58.3 Å². The van der Waals surface area contributed by atoms with Crippen molar-refractivity contribution in [2.75, 3.05) is 18.8 Å². The zero-order valence-corrected chi connectivity index (χ0v) is 26.6. The summed E-state index contributed by atoms with van der Waals surface area (Å²) in [5, 5.41) is 2.14. The minimum atomic E-state index is -0.861. The zero-order valence-electron chi connectivity index (χ0n) is 25.7. The molecule has 3 aliphatic heterocycles. The smallest absolute Gasteiger partial charge is 0.408 e. The largest absolute Gasteiger partial charge is 0.448 e. The first-order chi connectivity index (χ1) is 20.9. The van der Waals surface area contributed by atoms with Crippen molar-refractivity contribution in [1.29, 1.82) is 0 Å². The first-order valence-corrected chi connectivity index (χ1v) is 16.0. The Kier molecular flexibility index (Phi) is 9.20. The summed E-state index contributed by atoms with van der Waals surface area (Å²) in [4.78, 5) is 56.7. The van der Waals surface area contributed by atoms with Crippen LogP contribution in [0.4, 0.5) is 4.79 Å². The van der Waals surface area contributed by atoms with Crippen LogP contribution in [0.25, 0.3) is 0 Å². The predicted molar refractivity (Wildman–Crippen MR) is 168 cm³/mol. The van der Waals surface area contributed by atoms with Crippen LogP contribution in [-0.4, -0.2) is 69.5 Å². The van der Waals surface area contributed by atoms with Gasteiger partial charge in [0.2, 0.25) is 5.91 Å². The topological polar surface area (TPSA) is 105 Å². The minimum absolute atomic E-state index is 0.0584. The van der Waals surface area contributed by atoms with Gasteiger partial charge in [-0.3, -0.25) is 14.5 Å². The van der Waals surface area contributed by atoms with Crippen LogP contribution in [0.3, 0.4) is 0 Å². The third-order valence-corrected chi connectivity index (χ3v) is 8.74. The van der Waals surface area contributed by atoms with E-state index in [1.165, 1.54) is 16.7 Å². The second-order valence-electron chi connectivity index (χ2n) is 12.6.